The normalized spacial score (nSPS) is 31.1. The lowest BCUT2D eigenvalue weighted by atomic mass is 9.99. The van der Waals surface area contributed by atoms with E-state index < -0.39 is 0 Å². The second-order valence-corrected chi connectivity index (χ2v) is 2.43. The zero-order chi connectivity index (χ0) is 6.10. The first-order valence-electron chi connectivity index (χ1n) is 3.27. The van der Waals surface area contributed by atoms with Crippen molar-refractivity contribution in [3.05, 3.63) is 23.9 Å². The quantitative estimate of drug-likeness (QED) is 0.498. The minimum absolute atomic E-state index is 0.662. The molecule has 2 nitrogen and oxygen atoms in total. The van der Waals surface area contributed by atoms with E-state index in [4.69, 9.17) is 0 Å². The molecule has 1 N–H and O–H groups in total. The molecule has 1 fully saturated rings. The molecule has 1 aliphatic heterocycles. The molecule has 0 aromatic carbocycles. The number of hydrogen-bond acceptors (Lipinski definition) is 1. The topological polar surface area (TPSA) is 26.1 Å². The summed E-state index contributed by atoms with van der Waals surface area (Å²) in [7, 11) is 0. The van der Waals surface area contributed by atoms with E-state index in [1.807, 2.05) is 0 Å². The van der Waals surface area contributed by atoms with Gasteiger partial charge in [-0.2, -0.15) is 0 Å². The fraction of sp³-hybridized carbons (Fsp3) is 0.429. The van der Waals surface area contributed by atoms with Gasteiger partial charge < -0.3 is 0 Å². The Morgan fingerprint density at radius 2 is 2.67 bits per heavy atom. The standard InChI is InChI=1S/C7H9N2/c1-2-4-7-6(3-1)5-8-9-7/h1-2,4,6,8H,3,5H2. The second kappa shape index (κ2) is 1.88. The molecule has 0 saturated carbocycles. The van der Waals surface area contributed by atoms with Crippen molar-refractivity contribution in [2.45, 2.75) is 6.42 Å². The van der Waals surface area contributed by atoms with Crippen LogP contribution >= 0.6 is 0 Å². The Kier molecular flexibility index (Phi) is 1.06. The fourth-order valence-electron chi connectivity index (χ4n) is 1.23. The van der Waals surface area contributed by atoms with Crippen LogP contribution in [0.3, 0.4) is 0 Å². The summed E-state index contributed by atoms with van der Waals surface area (Å²) >= 11 is 0. The Hall–Kier alpha value is -0.760. The Morgan fingerprint density at radius 1 is 1.67 bits per heavy atom. The lowest BCUT2D eigenvalue weighted by Crippen LogP contribution is -2.12. The van der Waals surface area contributed by atoms with Crippen molar-refractivity contribution in [3.63, 3.8) is 0 Å². The van der Waals surface area contributed by atoms with Crippen molar-refractivity contribution in [1.29, 1.82) is 0 Å². The molecule has 47 valence electrons. The molecule has 9 heavy (non-hydrogen) atoms. The number of allylic oxidation sites excluding steroid dienone is 3. The van der Waals surface area contributed by atoms with Crippen molar-refractivity contribution >= 4 is 0 Å². The van der Waals surface area contributed by atoms with Crippen LogP contribution in [-0.4, -0.2) is 6.54 Å². The summed E-state index contributed by atoms with van der Waals surface area (Å²) in [6, 6.07) is 0. The highest BCUT2D eigenvalue weighted by molar-refractivity contribution is 5.21. The molecule has 0 aromatic rings. The highest BCUT2D eigenvalue weighted by Gasteiger charge is 2.21. The summed E-state index contributed by atoms with van der Waals surface area (Å²) in [6.45, 7) is 1.02. The van der Waals surface area contributed by atoms with Gasteiger partial charge in [-0.15, -0.1) is 0 Å². The molecule has 0 amide bonds. The summed E-state index contributed by atoms with van der Waals surface area (Å²) in [5.41, 5.74) is 8.32. The first-order chi connectivity index (χ1) is 4.47. The van der Waals surface area contributed by atoms with Gasteiger partial charge in [0, 0.05) is 12.5 Å². The van der Waals surface area contributed by atoms with Gasteiger partial charge in [0.05, 0.1) is 5.70 Å². The van der Waals surface area contributed by atoms with Crippen LogP contribution in [0, 0.1) is 5.92 Å². The van der Waals surface area contributed by atoms with Gasteiger partial charge in [0.2, 0.25) is 0 Å². The van der Waals surface area contributed by atoms with Gasteiger partial charge in [0.1, 0.15) is 0 Å². The summed E-state index contributed by atoms with van der Waals surface area (Å²) in [4.78, 5) is 0. The minimum Gasteiger partial charge on any atom is -0.213 e. The van der Waals surface area contributed by atoms with Crippen LogP contribution in [0.2, 0.25) is 0 Å². The molecule has 0 bridgehead atoms. The van der Waals surface area contributed by atoms with Gasteiger partial charge in [-0.3, -0.25) is 0 Å². The number of hydrogen-bond donors (Lipinski definition) is 1. The number of nitrogens with zero attached hydrogens (tertiary/aromatic N) is 1. The van der Waals surface area contributed by atoms with Crippen LogP contribution in [0.1, 0.15) is 6.42 Å². The molecule has 2 heteroatoms. The Labute approximate surface area is 54.6 Å². The lowest BCUT2D eigenvalue weighted by Gasteiger charge is -2.07. The third kappa shape index (κ3) is 0.754. The highest BCUT2D eigenvalue weighted by atomic mass is 15.4. The van der Waals surface area contributed by atoms with E-state index in [9.17, 15) is 0 Å². The maximum absolute atomic E-state index is 4.12. The molecule has 1 saturated heterocycles. The Bertz CT molecular complexity index is 170. The molecule has 1 unspecified atom stereocenters. The summed E-state index contributed by atoms with van der Waals surface area (Å²) in [5, 5.41) is 0. The molecule has 2 aliphatic rings. The van der Waals surface area contributed by atoms with Gasteiger partial charge in [0.25, 0.3) is 0 Å². The molecule has 0 spiro atoms. The van der Waals surface area contributed by atoms with E-state index in [2.05, 4.69) is 29.1 Å². The number of rotatable bonds is 0. The minimum atomic E-state index is 0.662. The number of fused-ring (bicyclic) bond motifs is 1. The van der Waals surface area contributed by atoms with Crippen molar-refractivity contribution in [2.24, 2.45) is 5.92 Å². The second-order valence-electron chi connectivity index (χ2n) is 2.43. The van der Waals surface area contributed by atoms with Gasteiger partial charge in [-0.1, -0.05) is 12.2 Å². The van der Waals surface area contributed by atoms with Crippen molar-refractivity contribution in [2.75, 3.05) is 6.54 Å². The van der Waals surface area contributed by atoms with Crippen LogP contribution in [0.5, 0.6) is 0 Å². The van der Waals surface area contributed by atoms with Crippen LogP contribution in [0.15, 0.2) is 23.9 Å². The fourth-order valence-corrected chi connectivity index (χ4v) is 1.23. The van der Waals surface area contributed by atoms with Crippen LogP contribution in [0.25, 0.3) is 0 Å². The first-order valence-corrected chi connectivity index (χ1v) is 3.27. The highest BCUT2D eigenvalue weighted by Crippen LogP contribution is 2.20. The van der Waals surface area contributed by atoms with E-state index >= 15 is 0 Å². The van der Waals surface area contributed by atoms with Crippen LogP contribution in [0.4, 0.5) is 0 Å². The third-order valence-electron chi connectivity index (χ3n) is 1.79. The average Bonchev–Trinajstić information content (AvgIpc) is 2.33. The Morgan fingerprint density at radius 3 is 3.56 bits per heavy atom. The zero-order valence-electron chi connectivity index (χ0n) is 5.17. The molecule has 1 aliphatic carbocycles. The molecule has 2 rings (SSSR count). The molecular weight excluding hydrogens is 112 g/mol. The van der Waals surface area contributed by atoms with E-state index in [-0.39, 0.29) is 0 Å². The van der Waals surface area contributed by atoms with Gasteiger partial charge in [0.15, 0.2) is 0 Å². The van der Waals surface area contributed by atoms with E-state index in [1.54, 1.807) is 0 Å². The molecule has 1 atom stereocenters. The first kappa shape index (κ1) is 5.06. The molecule has 1 heterocycles. The molecule has 0 aromatic heterocycles. The maximum atomic E-state index is 4.12. The summed E-state index contributed by atoms with van der Waals surface area (Å²) in [5.74, 6) is 0.662. The van der Waals surface area contributed by atoms with Crippen LogP contribution < -0.4 is 10.9 Å². The monoisotopic (exact) mass is 121 g/mol. The van der Waals surface area contributed by atoms with Gasteiger partial charge in [-0.05, 0) is 12.5 Å². The van der Waals surface area contributed by atoms with E-state index in [0.717, 1.165) is 13.0 Å². The SMILES string of the molecule is C1=CCC2CN[N]C2=C1. The van der Waals surface area contributed by atoms with Crippen molar-refractivity contribution < 1.29 is 0 Å². The van der Waals surface area contributed by atoms with E-state index in [0.29, 0.717) is 5.92 Å². The smallest absolute Gasteiger partial charge is 0.0595 e. The molecular formula is C7H9N2. The lowest BCUT2D eigenvalue weighted by molar-refractivity contribution is 0.649. The largest absolute Gasteiger partial charge is 0.213 e. The molecule has 1 radical (unpaired) electrons. The van der Waals surface area contributed by atoms with Gasteiger partial charge in [-0.25, -0.2) is 10.9 Å². The average molecular weight is 121 g/mol. The van der Waals surface area contributed by atoms with Crippen LogP contribution in [-0.2, 0) is 0 Å². The summed E-state index contributed by atoms with van der Waals surface area (Å²) < 4.78 is 0. The van der Waals surface area contributed by atoms with Gasteiger partial charge >= 0.3 is 0 Å². The maximum Gasteiger partial charge on any atom is 0.0595 e. The third-order valence-corrected chi connectivity index (χ3v) is 1.79. The predicted octanol–water partition coefficient (Wildman–Crippen LogP) is 0.569. The summed E-state index contributed by atoms with van der Waals surface area (Å²) in [6.07, 6.45) is 7.50. The van der Waals surface area contributed by atoms with Crippen molar-refractivity contribution in [3.8, 4) is 0 Å². The van der Waals surface area contributed by atoms with Crippen molar-refractivity contribution in [1.82, 2.24) is 10.9 Å². The predicted molar refractivity (Wildman–Crippen MR) is 35.5 cm³/mol. The Balaban J connectivity index is 2.23. The van der Waals surface area contributed by atoms with E-state index in [1.165, 1.54) is 5.70 Å². The number of nitrogens with one attached hydrogen (secondary N) is 1. The zero-order valence-corrected chi connectivity index (χ0v) is 5.17.